The van der Waals surface area contributed by atoms with Crippen molar-refractivity contribution in [1.82, 2.24) is 10.6 Å². The molecule has 4 N–H and O–H groups in total. The summed E-state index contributed by atoms with van der Waals surface area (Å²) in [5, 5.41) is 5.21. The van der Waals surface area contributed by atoms with Crippen molar-refractivity contribution in [3.8, 4) is 0 Å². The van der Waals surface area contributed by atoms with E-state index < -0.39 is 5.41 Å². The van der Waals surface area contributed by atoms with E-state index in [1.807, 2.05) is 13.8 Å². The van der Waals surface area contributed by atoms with Crippen molar-refractivity contribution in [2.75, 3.05) is 13.1 Å². The largest absolute Gasteiger partial charge is 0.392 e. The number of nitrogens with one attached hydrogen (secondary N) is 2. The SMILES string of the molecule is CC(C)CNC(=O)CNC(=O)C(C)(C)C(N)=S. The summed E-state index contributed by atoms with van der Waals surface area (Å²) in [6.07, 6.45) is 0. The first-order valence-corrected chi connectivity index (χ1v) is 5.93. The van der Waals surface area contributed by atoms with Crippen LogP contribution in [-0.4, -0.2) is 29.9 Å². The molecule has 5 nitrogen and oxygen atoms in total. The van der Waals surface area contributed by atoms with Gasteiger partial charge in [0, 0.05) is 6.54 Å². The molecule has 0 aliphatic carbocycles. The zero-order valence-electron chi connectivity index (χ0n) is 10.8. The minimum Gasteiger partial charge on any atom is -0.392 e. The van der Waals surface area contributed by atoms with Crippen molar-refractivity contribution in [1.29, 1.82) is 0 Å². The van der Waals surface area contributed by atoms with Gasteiger partial charge in [0.05, 0.1) is 16.9 Å². The highest BCUT2D eigenvalue weighted by atomic mass is 32.1. The molecule has 0 heterocycles. The van der Waals surface area contributed by atoms with Crippen molar-refractivity contribution >= 4 is 29.0 Å². The van der Waals surface area contributed by atoms with Gasteiger partial charge >= 0.3 is 0 Å². The number of nitrogens with two attached hydrogens (primary N) is 1. The Bertz CT molecular complexity index is 314. The molecule has 98 valence electrons. The molecule has 2 amide bonds. The Balaban J connectivity index is 4.08. The van der Waals surface area contributed by atoms with Gasteiger partial charge in [0.25, 0.3) is 0 Å². The molecule has 17 heavy (non-hydrogen) atoms. The fourth-order valence-electron chi connectivity index (χ4n) is 0.874. The third-order valence-corrected chi connectivity index (χ3v) is 2.81. The molecule has 0 aromatic carbocycles. The lowest BCUT2D eigenvalue weighted by Gasteiger charge is -2.21. The number of hydrogen-bond acceptors (Lipinski definition) is 3. The van der Waals surface area contributed by atoms with Crippen molar-refractivity contribution in [2.24, 2.45) is 17.1 Å². The Morgan fingerprint density at radius 2 is 1.82 bits per heavy atom. The zero-order chi connectivity index (χ0) is 13.6. The first kappa shape index (κ1) is 15.8. The predicted molar refractivity (Wildman–Crippen MR) is 71.4 cm³/mol. The van der Waals surface area contributed by atoms with E-state index >= 15 is 0 Å². The highest BCUT2D eigenvalue weighted by molar-refractivity contribution is 7.80. The number of rotatable bonds is 6. The Kier molecular flexibility index (Phi) is 6.09. The average molecular weight is 259 g/mol. The summed E-state index contributed by atoms with van der Waals surface area (Å²) >= 11 is 4.79. The van der Waals surface area contributed by atoms with Crippen LogP contribution in [0, 0.1) is 11.3 Å². The van der Waals surface area contributed by atoms with Gasteiger partial charge in [0.1, 0.15) is 0 Å². The number of carbonyl (C=O) groups is 2. The number of hydrogen-bond donors (Lipinski definition) is 3. The van der Waals surface area contributed by atoms with Gasteiger partial charge in [-0.05, 0) is 19.8 Å². The van der Waals surface area contributed by atoms with Gasteiger partial charge in [-0.2, -0.15) is 0 Å². The van der Waals surface area contributed by atoms with Gasteiger partial charge < -0.3 is 16.4 Å². The summed E-state index contributed by atoms with van der Waals surface area (Å²) in [7, 11) is 0. The fraction of sp³-hybridized carbons (Fsp3) is 0.727. The standard InChI is InChI=1S/C11H21N3O2S/c1-7(2)5-13-8(15)6-14-10(16)11(3,4)9(12)17/h7H,5-6H2,1-4H3,(H2,12,17)(H,13,15)(H,14,16). The van der Waals surface area contributed by atoms with Crippen LogP contribution in [0.4, 0.5) is 0 Å². The molecule has 0 aromatic heterocycles. The fourth-order valence-corrected chi connectivity index (χ4v) is 0.967. The highest BCUT2D eigenvalue weighted by Gasteiger charge is 2.30. The second kappa shape index (κ2) is 6.54. The van der Waals surface area contributed by atoms with Gasteiger partial charge in [-0.25, -0.2) is 0 Å². The summed E-state index contributed by atoms with van der Waals surface area (Å²) in [4.78, 5) is 23.2. The molecule has 0 atom stereocenters. The van der Waals surface area contributed by atoms with Crippen LogP contribution < -0.4 is 16.4 Å². The maximum absolute atomic E-state index is 11.7. The molecule has 0 radical (unpaired) electrons. The minimum atomic E-state index is -0.937. The molecule has 0 aliphatic heterocycles. The Hall–Kier alpha value is -1.17. The first-order valence-electron chi connectivity index (χ1n) is 5.52. The van der Waals surface area contributed by atoms with Crippen molar-refractivity contribution < 1.29 is 9.59 Å². The van der Waals surface area contributed by atoms with Crippen LogP contribution in [0.3, 0.4) is 0 Å². The lowest BCUT2D eigenvalue weighted by atomic mass is 9.92. The number of amides is 2. The van der Waals surface area contributed by atoms with Crippen molar-refractivity contribution in [3.05, 3.63) is 0 Å². The minimum absolute atomic E-state index is 0.0579. The van der Waals surface area contributed by atoms with Crippen LogP contribution in [0.25, 0.3) is 0 Å². The molecule has 0 saturated heterocycles. The smallest absolute Gasteiger partial charge is 0.239 e. The summed E-state index contributed by atoms with van der Waals surface area (Å²) in [5.41, 5.74) is 4.51. The number of thiocarbonyl (C=S) groups is 1. The predicted octanol–water partition coefficient (Wildman–Crippen LogP) is 0.187. The average Bonchev–Trinajstić information content (AvgIpc) is 2.22. The second-order valence-electron chi connectivity index (χ2n) is 4.87. The summed E-state index contributed by atoms with van der Waals surface area (Å²) < 4.78 is 0. The van der Waals surface area contributed by atoms with Crippen LogP contribution in [0.2, 0.25) is 0 Å². The van der Waals surface area contributed by atoms with Crippen LogP contribution >= 0.6 is 12.2 Å². The Morgan fingerprint density at radius 1 is 1.29 bits per heavy atom. The monoisotopic (exact) mass is 259 g/mol. The van der Waals surface area contributed by atoms with E-state index in [0.717, 1.165) is 0 Å². The van der Waals surface area contributed by atoms with Gasteiger partial charge in [-0.3, -0.25) is 9.59 Å². The van der Waals surface area contributed by atoms with E-state index in [4.69, 9.17) is 18.0 Å². The lowest BCUT2D eigenvalue weighted by Crippen LogP contribution is -2.48. The summed E-state index contributed by atoms with van der Waals surface area (Å²) in [6, 6.07) is 0. The second-order valence-corrected chi connectivity index (χ2v) is 5.31. The van der Waals surface area contributed by atoms with Gasteiger partial charge in [-0.15, -0.1) is 0 Å². The van der Waals surface area contributed by atoms with E-state index in [9.17, 15) is 9.59 Å². The molecule has 6 heteroatoms. The molecule has 0 unspecified atom stereocenters. The van der Waals surface area contributed by atoms with E-state index in [1.54, 1.807) is 13.8 Å². The van der Waals surface area contributed by atoms with Crippen LogP contribution in [0.5, 0.6) is 0 Å². The molecule has 0 aliphatic rings. The third-order valence-electron chi connectivity index (χ3n) is 2.30. The van der Waals surface area contributed by atoms with Crippen LogP contribution in [0.1, 0.15) is 27.7 Å². The van der Waals surface area contributed by atoms with Crippen molar-refractivity contribution in [3.63, 3.8) is 0 Å². The van der Waals surface area contributed by atoms with E-state index in [-0.39, 0.29) is 23.3 Å². The van der Waals surface area contributed by atoms with Crippen molar-refractivity contribution in [2.45, 2.75) is 27.7 Å². The Labute approximate surface area is 108 Å². The molecule has 0 spiro atoms. The van der Waals surface area contributed by atoms with Gasteiger partial charge in [-0.1, -0.05) is 26.1 Å². The van der Waals surface area contributed by atoms with Gasteiger partial charge in [0.2, 0.25) is 11.8 Å². The molecule has 0 fully saturated rings. The maximum Gasteiger partial charge on any atom is 0.239 e. The molecule has 0 bridgehead atoms. The van der Waals surface area contributed by atoms with E-state index in [2.05, 4.69) is 10.6 Å². The van der Waals surface area contributed by atoms with Crippen LogP contribution in [0.15, 0.2) is 0 Å². The molecule has 0 aromatic rings. The van der Waals surface area contributed by atoms with Crippen LogP contribution in [-0.2, 0) is 9.59 Å². The maximum atomic E-state index is 11.7. The highest BCUT2D eigenvalue weighted by Crippen LogP contribution is 2.14. The van der Waals surface area contributed by atoms with E-state index in [1.165, 1.54) is 0 Å². The van der Waals surface area contributed by atoms with Gasteiger partial charge in [0.15, 0.2) is 0 Å². The Morgan fingerprint density at radius 3 is 2.24 bits per heavy atom. The quantitative estimate of drug-likeness (QED) is 0.594. The zero-order valence-corrected chi connectivity index (χ0v) is 11.6. The van der Waals surface area contributed by atoms with E-state index in [0.29, 0.717) is 12.5 Å². The topological polar surface area (TPSA) is 84.2 Å². The molecule has 0 rings (SSSR count). The first-order chi connectivity index (χ1) is 7.67. The summed E-state index contributed by atoms with van der Waals surface area (Å²) in [6.45, 7) is 7.77. The summed E-state index contributed by atoms with van der Waals surface area (Å²) in [5.74, 6) is -0.182. The molecular weight excluding hydrogens is 238 g/mol. The molecular formula is C11H21N3O2S. The normalized spacial score (nSPS) is 11.1. The number of carbonyl (C=O) groups excluding carboxylic acids is 2. The third kappa shape index (κ3) is 5.63. The lowest BCUT2D eigenvalue weighted by molar-refractivity contribution is -0.129. The molecule has 0 saturated carbocycles.